The molecular formula is C29H36N2O2. The van der Waals surface area contributed by atoms with E-state index in [1.165, 1.54) is 47.0 Å². The van der Waals surface area contributed by atoms with E-state index in [9.17, 15) is 0 Å². The Bertz CT molecular complexity index is 1190. The molecule has 0 bridgehead atoms. The van der Waals surface area contributed by atoms with Crippen molar-refractivity contribution in [3.63, 3.8) is 0 Å². The van der Waals surface area contributed by atoms with E-state index < -0.39 is 0 Å². The average molecular weight is 445 g/mol. The molecule has 2 fully saturated rings. The first kappa shape index (κ1) is 21.4. The number of nitrogens with zero attached hydrogens (tertiary/aromatic N) is 2. The summed E-state index contributed by atoms with van der Waals surface area (Å²) in [7, 11) is 0. The lowest BCUT2D eigenvalue weighted by Gasteiger charge is -2.54. The van der Waals surface area contributed by atoms with Gasteiger partial charge < -0.3 is 9.15 Å². The Labute approximate surface area is 197 Å². The van der Waals surface area contributed by atoms with Gasteiger partial charge in [0, 0.05) is 23.7 Å². The zero-order valence-corrected chi connectivity index (χ0v) is 20.5. The number of rotatable bonds is 2. The van der Waals surface area contributed by atoms with Crippen LogP contribution in [0.3, 0.4) is 0 Å². The molecule has 33 heavy (non-hydrogen) atoms. The Morgan fingerprint density at radius 3 is 2.73 bits per heavy atom. The van der Waals surface area contributed by atoms with Crippen LogP contribution in [0.15, 0.2) is 40.9 Å². The number of ether oxygens (including phenoxy) is 1. The summed E-state index contributed by atoms with van der Waals surface area (Å²) >= 11 is 0. The molecule has 0 saturated carbocycles. The molecule has 4 nitrogen and oxygen atoms in total. The minimum Gasteiger partial charge on any atom is -0.458 e. The van der Waals surface area contributed by atoms with Crippen LogP contribution in [0.5, 0.6) is 0 Å². The van der Waals surface area contributed by atoms with Gasteiger partial charge in [-0.25, -0.2) is 0 Å². The number of hydrogen-bond acceptors (Lipinski definition) is 4. The van der Waals surface area contributed by atoms with Crippen molar-refractivity contribution in [1.82, 2.24) is 9.88 Å². The molecule has 1 aromatic carbocycles. The summed E-state index contributed by atoms with van der Waals surface area (Å²) in [6.07, 6.45) is 6.76. The summed E-state index contributed by atoms with van der Waals surface area (Å²) in [5, 5.41) is 1.28. The van der Waals surface area contributed by atoms with Crippen LogP contribution in [0, 0.1) is 30.6 Å². The SMILES string of the molecule is Cc1ccc2c3c(oc2c1)[C@H]1OCC2(CCN(Cc4ncccc4C)CC2)C[C@@H]1C(C)(C)C3. The van der Waals surface area contributed by atoms with Crippen molar-refractivity contribution < 1.29 is 9.15 Å². The number of pyridine rings is 1. The highest BCUT2D eigenvalue weighted by atomic mass is 16.5. The molecule has 0 unspecified atom stereocenters. The Morgan fingerprint density at radius 1 is 1.12 bits per heavy atom. The molecule has 1 spiro atoms. The summed E-state index contributed by atoms with van der Waals surface area (Å²) in [5.41, 5.74) is 6.67. The third kappa shape index (κ3) is 3.63. The first-order valence-electron chi connectivity index (χ1n) is 12.6. The molecule has 2 aliphatic heterocycles. The molecule has 4 heteroatoms. The van der Waals surface area contributed by atoms with Gasteiger partial charge in [-0.3, -0.25) is 9.88 Å². The number of furan rings is 1. The van der Waals surface area contributed by atoms with Crippen LogP contribution in [0.4, 0.5) is 0 Å². The lowest BCUT2D eigenvalue weighted by atomic mass is 9.58. The van der Waals surface area contributed by atoms with Crippen molar-refractivity contribution in [3.8, 4) is 0 Å². The van der Waals surface area contributed by atoms with Crippen molar-refractivity contribution >= 4 is 11.0 Å². The molecule has 3 aromatic rings. The number of piperidine rings is 1. The highest BCUT2D eigenvalue weighted by Crippen LogP contribution is 2.58. The summed E-state index contributed by atoms with van der Waals surface area (Å²) in [5.74, 6) is 1.61. The number of aryl methyl sites for hydroxylation is 2. The van der Waals surface area contributed by atoms with E-state index in [4.69, 9.17) is 9.15 Å². The molecule has 0 N–H and O–H groups in total. The molecule has 0 radical (unpaired) electrons. The van der Waals surface area contributed by atoms with Gasteiger partial charge in [0.15, 0.2) is 0 Å². The van der Waals surface area contributed by atoms with Crippen LogP contribution in [-0.4, -0.2) is 29.6 Å². The van der Waals surface area contributed by atoms with Crippen molar-refractivity contribution in [1.29, 1.82) is 0 Å². The van der Waals surface area contributed by atoms with Crippen molar-refractivity contribution in [2.45, 2.75) is 66.0 Å². The first-order valence-corrected chi connectivity index (χ1v) is 12.6. The maximum Gasteiger partial charge on any atom is 0.137 e. The minimum absolute atomic E-state index is 0.0938. The van der Waals surface area contributed by atoms with Crippen LogP contribution in [0.25, 0.3) is 11.0 Å². The normalized spacial score (nSPS) is 26.3. The fraction of sp³-hybridized carbons (Fsp3) is 0.552. The van der Waals surface area contributed by atoms with E-state index in [1.54, 1.807) is 0 Å². The zero-order chi connectivity index (χ0) is 22.8. The monoisotopic (exact) mass is 444 g/mol. The fourth-order valence-electron chi connectivity index (χ4n) is 6.66. The molecular weight excluding hydrogens is 408 g/mol. The minimum atomic E-state index is 0.0938. The number of benzene rings is 1. The lowest BCUT2D eigenvalue weighted by Crippen LogP contribution is -2.50. The zero-order valence-electron chi connectivity index (χ0n) is 20.5. The first-order chi connectivity index (χ1) is 15.8. The quantitative estimate of drug-likeness (QED) is 0.459. The van der Waals surface area contributed by atoms with Gasteiger partial charge in [0.2, 0.25) is 0 Å². The highest BCUT2D eigenvalue weighted by molar-refractivity contribution is 5.83. The number of fused-ring (bicyclic) bond motifs is 5. The third-order valence-corrected chi connectivity index (χ3v) is 8.87. The maximum absolute atomic E-state index is 6.75. The van der Waals surface area contributed by atoms with E-state index in [-0.39, 0.29) is 11.5 Å². The summed E-state index contributed by atoms with van der Waals surface area (Å²) in [6, 6.07) is 10.8. The van der Waals surface area contributed by atoms with Gasteiger partial charge in [-0.05, 0) is 92.6 Å². The van der Waals surface area contributed by atoms with Crippen LogP contribution in [0.1, 0.15) is 67.4 Å². The molecule has 2 saturated heterocycles. The smallest absolute Gasteiger partial charge is 0.137 e. The van der Waals surface area contributed by atoms with Crippen molar-refractivity contribution in [2.75, 3.05) is 19.7 Å². The lowest BCUT2D eigenvalue weighted by molar-refractivity contribution is -0.160. The maximum atomic E-state index is 6.75. The van der Waals surface area contributed by atoms with Crippen LogP contribution >= 0.6 is 0 Å². The Morgan fingerprint density at radius 2 is 1.94 bits per heavy atom. The van der Waals surface area contributed by atoms with Gasteiger partial charge in [-0.15, -0.1) is 0 Å². The Balaban J connectivity index is 1.21. The molecule has 2 atom stereocenters. The van der Waals surface area contributed by atoms with Crippen LogP contribution in [0.2, 0.25) is 0 Å². The van der Waals surface area contributed by atoms with E-state index in [0.29, 0.717) is 11.3 Å². The predicted molar refractivity (Wildman–Crippen MR) is 131 cm³/mol. The van der Waals surface area contributed by atoms with Gasteiger partial charge in [-0.1, -0.05) is 32.0 Å². The number of hydrogen-bond donors (Lipinski definition) is 0. The van der Waals surface area contributed by atoms with Gasteiger partial charge in [-0.2, -0.15) is 0 Å². The molecule has 2 aromatic heterocycles. The molecule has 1 aliphatic carbocycles. The molecule has 3 aliphatic rings. The van der Waals surface area contributed by atoms with Gasteiger partial charge in [0.1, 0.15) is 17.4 Å². The molecule has 4 heterocycles. The van der Waals surface area contributed by atoms with E-state index in [1.807, 2.05) is 12.3 Å². The second-order valence-electron chi connectivity index (χ2n) is 11.7. The van der Waals surface area contributed by atoms with Crippen LogP contribution < -0.4 is 0 Å². The van der Waals surface area contributed by atoms with E-state index in [0.717, 1.165) is 44.0 Å². The summed E-state index contributed by atoms with van der Waals surface area (Å²) < 4.78 is 13.2. The van der Waals surface area contributed by atoms with Gasteiger partial charge in [0.25, 0.3) is 0 Å². The largest absolute Gasteiger partial charge is 0.458 e. The van der Waals surface area contributed by atoms with E-state index in [2.05, 4.69) is 61.8 Å². The Kier molecular flexibility index (Phi) is 4.97. The summed E-state index contributed by atoms with van der Waals surface area (Å²) in [6.45, 7) is 13.3. The Hall–Kier alpha value is -2.17. The standard InChI is InChI=1S/C29H36N2O2/c1-19-7-8-21-22-15-28(3,4)23-16-29(18-32-27(23)26(22)33-25(21)14-19)9-12-31(13-10-29)17-24-20(2)6-5-11-30-24/h5-8,11,14,23,27H,9-10,12-13,15-18H2,1-4H3/t23-,27-/m0/s1. The van der Waals surface area contributed by atoms with Gasteiger partial charge in [0.05, 0.1) is 12.3 Å². The second kappa shape index (κ2) is 7.68. The number of likely N-dealkylation sites (tertiary alicyclic amines) is 1. The van der Waals surface area contributed by atoms with Gasteiger partial charge >= 0.3 is 0 Å². The van der Waals surface area contributed by atoms with E-state index >= 15 is 0 Å². The topological polar surface area (TPSA) is 38.5 Å². The van der Waals surface area contributed by atoms with Crippen molar-refractivity contribution in [2.24, 2.45) is 16.7 Å². The summed E-state index contributed by atoms with van der Waals surface area (Å²) in [4.78, 5) is 7.20. The average Bonchev–Trinajstić information content (AvgIpc) is 3.14. The molecule has 174 valence electrons. The molecule has 6 rings (SSSR count). The van der Waals surface area contributed by atoms with Crippen molar-refractivity contribution in [3.05, 3.63) is 64.7 Å². The molecule has 0 amide bonds. The number of aromatic nitrogens is 1. The predicted octanol–water partition coefficient (Wildman–Crippen LogP) is 6.39. The fourth-order valence-corrected chi connectivity index (χ4v) is 6.66. The van der Waals surface area contributed by atoms with Crippen LogP contribution in [-0.2, 0) is 17.7 Å². The second-order valence-corrected chi connectivity index (χ2v) is 11.7. The third-order valence-electron chi connectivity index (χ3n) is 8.87. The highest BCUT2D eigenvalue weighted by Gasteiger charge is 2.53.